The van der Waals surface area contributed by atoms with E-state index in [0.29, 0.717) is 36.2 Å². The summed E-state index contributed by atoms with van der Waals surface area (Å²) in [5.41, 5.74) is 1.08. The summed E-state index contributed by atoms with van der Waals surface area (Å²) in [6.07, 6.45) is 0.727. The molecule has 2 N–H and O–H groups in total. The van der Waals surface area contributed by atoms with Gasteiger partial charge in [-0.25, -0.2) is 0 Å². The second-order valence-corrected chi connectivity index (χ2v) is 6.91. The second kappa shape index (κ2) is 11.4. The first-order valence-corrected chi connectivity index (χ1v) is 9.57. The fraction of sp³-hybridized carbons (Fsp3) is 0.381. The summed E-state index contributed by atoms with van der Waals surface area (Å²) in [5.74, 6) is 2.18. The first-order valence-electron chi connectivity index (χ1n) is 9.19. The van der Waals surface area contributed by atoms with E-state index in [2.05, 4.69) is 5.32 Å². The average Bonchev–Trinajstić information content (AvgIpc) is 2.69. The molecule has 152 valence electrons. The minimum Gasteiger partial charge on any atom is -0.493 e. The Morgan fingerprint density at radius 3 is 2.46 bits per heavy atom. The maximum atomic E-state index is 12.1. The van der Waals surface area contributed by atoms with E-state index in [-0.39, 0.29) is 5.91 Å². The van der Waals surface area contributed by atoms with Crippen LogP contribution in [-0.2, 0) is 11.2 Å². The number of carbonyl (C=O) groups is 1. The molecular weight excluding hydrogens is 380 g/mol. The third-order valence-electron chi connectivity index (χ3n) is 4.26. The number of likely N-dealkylation sites (N-methyl/N-ethyl adjacent to an activating group) is 1. The normalized spacial score (nSPS) is 11.6. The quantitative estimate of drug-likeness (QED) is 0.594. The molecule has 0 aliphatic carbocycles. The van der Waals surface area contributed by atoms with Gasteiger partial charge in [-0.15, -0.1) is 0 Å². The van der Waals surface area contributed by atoms with E-state index in [1.165, 1.54) is 0 Å². The lowest BCUT2D eigenvalue weighted by molar-refractivity contribution is -0.871. The minimum absolute atomic E-state index is 0.0180. The first-order chi connectivity index (χ1) is 13.5. The second-order valence-electron chi connectivity index (χ2n) is 6.48. The average molecular weight is 408 g/mol. The van der Waals surface area contributed by atoms with Gasteiger partial charge in [-0.1, -0.05) is 17.7 Å². The third-order valence-corrected chi connectivity index (χ3v) is 4.51. The van der Waals surface area contributed by atoms with E-state index in [4.69, 9.17) is 25.8 Å². The maximum Gasteiger partial charge on any atom is 0.275 e. The summed E-state index contributed by atoms with van der Waals surface area (Å²) >= 11 is 5.85. The molecule has 0 saturated heterocycles. The predicted octanol–water partition coefficient (Wildman–Crippen LogP) is 1.61. The van der Waals surface area contributed by atoms with Crippen LogP contribution >= 0.6 is 11.6 Å². The zero-order valence-electron chi connectivity index (χ0n) is 16.6. The monoisotopic (exact) mass is 407 g/mol. The minimum atomic E-state index is 0.0180. The molecule has 0 heterocycles. The molecule has 1 amide bonds. The molecule has 0 aliphatic rings. The zero-order valence-corrected chi connectivity index (χ0v) is 17.3. The lowest BCUT2D eigenvalue weighted by Crippen LogP contribution is -3.10. The molecule has 0 aromatic heterocycles. The Morgan fingerprint density at radius 2 is 1.79 bits per heavy atom. The van der Waals surface area contributed by atoms with Crippen LogP contribution in [0.25, 0.3) is 0 Å². The lowest BCUT2D eigenvalue weighted by atomic mass is 10.1. The topological polar surface area (TPSA) is 61.2 Å². The van der Waals surface area contributed by atoms with E-state index in [1.807, 2.05) is 37.4 Å². The Labute approximate surface area is 171 Å². The van der Waals surface area contributed by atoms with Gasteiger partial charge in [0.2, 0.25) is 0 Å². The molecule has 1 atom stereocenters. The molecule has 0 saturated carbocycles. The Hall–Kier alpha value is -2.44. The van der Waals surface area contributed by atoms with Crippen LogP contribution in [0.5, 0.6) is 17.2 Å². The molecule has 7 heteroatoms. The lowest BCUT2D eigenvalue weighted by Gasteiger charge is -2.14. The molecule has 28 heavy (non-hydrogen) atoms. The van der Waals surface area contributed by atoms with Crippen LogP contribution in [0.3, 0.4) is 0 Å². The molecule has 2 rings (SSSR count). The fourth-order valence-corrected chi connectivity index (χ4v) is 2.81. The van der Waals surface area contributed by atoms with Crippen LogP contribution in [0.15, 0.2) is 42.5 Å². The largest absolute Gasteiger partial charge is 0.493 e. The number of nitrogens with one attached hydrogen (secondary N) is 2. The Balaban J connectivity index is 1.65. The Bertz CT molecular complexity index is 753. The highest BCUT2D eigenvalue weighted by molar-refractivity contribution is 6.30. The van der Waals surface area contributed by atoms with Gasteiger partial charge in [-0.2, -0.15) is 0 Å². The number of amides is 1. The number of hydrogen-bond acceptors (Lipinski definition) is 4. The van der Waals surface area contributed by atoms with Crippen LogP contribution in [0.2, 0.25) is 5.02 Å². The third kappa shape index (κ3) is 7.29. The van der Waals surface area contributed by atoms with E-state index >= 15 is 0 Å². The van der Waals surface area contributed by atoms with Gasteiger partial charge in [0.25, 0.3) is 5.91 Å². The number of quaternary nitrogens is 1. The van der Waals surface area contributed by atoms with Crippen LogP contribution in [0.1, 0.15) is 5.56 Å². The van der Waals surface area contributed by atoms with Crippen molar-refractivity contribution < 1.29 is 23.9 Å². The summed E-state index contributed by atoms with van der Waals surface area (Å²) in [6, 6.07) is 13.0. The standard InChI is InChI=1S/C21H27ClN2O4/c1-24(12-13-28-18-7-5-17(22)6-8-18)15-21(25)23-11-10-16-4-9-19(26-2)20(14-16)27-3/h4-9,14H,10-13,15H2,1-3H3,(H,23,25)/p+1. The SMILES string of the molecule is COc1ccc(CCNC(=O)C[NH+](C)CCOc2ccc(Cl)cc2)cc1OC. The van der Waals surface area contributed by atoms with Gasteiger partial charge < -0.3 is 24.4 Å². The van der Waals surface area contributed by atoms with Gasteiger partial charge in [0.05, 0.1) is 21.3 Å². The number of methoxy groups -OCH3 is 2. The smallest absolute Gasteiger partial charge is 0.275 e. The van der Waals surface area contributed by atoms with Crippen molar-refractivity contribution in [3.05, 3.63) is 53.1 Å². The number of benzene rings is 2. The summed E-state index contributed by atoms with van der Waals surface area (Å²) in [7, 11) is 5.19. The molecule has 2 aromatic carbocycles. The highest BCUT2D eigenvalue weighted by Crippen LogP contribution is 2.27. The van der Waals surface area contributed by atoms with E-state index in [9.17, 15) is 4.79 Å². The molecule has 0 fully saturated rings. The van der Waals surface area contributed by atoms with Crippen LogP contribution in [-0.4, -0.2) is 53.4 Å². The van der Waals surface area contributed by atoms with Gasteiger partial charge in [0, 0.05) is 11.6 Å². The zero-order chi connectivity index (χ0) is 20.4. The van der Waals surface area contributed by atoms with Crippen molar-refractivity contribution in [2.45, 2.75) is 6.42 Å². The molecule has 0 radical (unpaired) electrons. The van der Waals surface area contributed by atoms with Gasteiger partial charge >= 0.3 is 0 Å². The number of halogens is 1. The van der Waals surface area contributed by atoms with Crippen molar-refractivity contribution in [2.75, 3.05) is 47.5 Å². The highest BCUT2D eigenvalue weighted by atomic mass is 35.5. The first kappa shape index (κ1) is 21.9. The van der Waals surface area contributed by atoms with Crippen molar-refractivity contribution in [3.8, 4) is 17.2 Å². The van der Waals surface area contributed by atoms with E-state index in [1.54, 1.807) is 26.4 Å². The molecule has 2 aromatic rings. The number of hydrogen-bond donors (Lipinski definition) is 2. The van der Waals surface area contributed by atoms with E-state index < -0.39 is 0 Å². The van der Waals surface area contributed by atoms with Crippen molar-refractivity contribution in [1.82, 2.24) is 5.32 Å². The van der Waals surface area contributed by atoms with Crippen molar-refractivity contribution in [3.63, 3.8) is 0 Å². The van der Waals surface area contributed by atoms with Crippen LogP contribution < -0.4 is 24.4 Å². The van der Waals surface area contributed by atoms with Gasteiger partial charge in [-0.3, -0.25) is 4.79 Å². The van der Waals surface area contributed by atoms with E-state index in [0.717, 1.165) is 29.2 Å². The summed E-state index contributed by atoms with van der Waals surface area (Å²) < 4.78 is 16.2. The van der Waals surface area contributed by atoms with Crippen molar-refractivity contribution >= 4 is 17.5 Å². The van der Waals surface area contributed by atoms with Crippen molar-refractivity contribution in [2.24, 2.45) is 0 Å². The van der Waals surface area contributed by atoms with Gasteiger partial charge in [0.1, 0.15) is 18.9 Å². The molecule has 0 aliphatic heterocycles. The summed E-state index contributed by atoms with van der Waals surface area (Å²) in [4.78, 5) is 13.2. The molecule has 1 unspecified atom stereocenters. The maximum absolute atomic E-state index is 12.1. The summed E-state index contributed by atoms with van der Waals surface area (Å²) in [5, 5.41) is 3.64. The molecular formula is C21H28ClN2O4+. The van der Waals surface area contributed by atoms with Crippen molar-refractivity contribution in [1.29, 1.82) is 0 Å². The Kier molecular flexibility index (Phi) is 8.91. The Morgan fingerprint density at radius 1 is 1.07 bits per heavy atom. The van der Waals surface area contributed by atoms with Gasteiger partial charge in [0.15, 0.2) is 18.0 Å². The predicted molar refractivity (Wildman–Crippen MR) is 110 cm³/mol. The highest BCUT2D eigenvalue weighted by Gasteiger charge is 2.10. The molecule has 0 bridgehead atoms. The number of carbonyl (C=O) groups excluding carboxylic acids is 1. The number of ether oxygens (including phenoxy) is 3. The van der Waals surface area contributed by atoms with Crippen LogP contribution in [0.4, 0.5) is 0 Å². The fourth-order valence-electron chi connectivity index (χ4n) is 2.68. The van der Waals surface area contributed by atoms with Crippen LogP contribution in [0, 0.1) is 0 Å². The van der Waals surface area contributed by atoms with Gasteiger partial charge in [-0.05, 0) is 48.4 Å². The number of rotatable bonds is 11. The molecule has 0 spiro atoms. The summed E-state index contributed by atoms with van der Waals surface area (Å²) in [6.45, 7) is 2.23. The molecule has 6 nitrogen and oxygen atoms in total.